The lowest BCUT2D eigenvalue weighted by Gasteiger charge is -2.32. The number of benzene rings is 8. The molecule has 1 saturated heterocycles. The van der Waals surface area contributed by atoms with Crippen molar-refractivity contribution in [2.45, 2.75) is 254 Å². The minimum absolute atomic E-state index is 0.0688. The molecule has 2 amide bonds. The molecule has 0 aliphatic carbocycles. The van der Waals surface area contributed by atoms with Gasteiger partial charge in [0.1, 0.15) is 114 Å². The second-order valence-corrected chi connectivity index (χ2v) is 41.7. The van der Waals surface area contributed by atoms with E-state index in [1.807, 2.05) is 230 Å². The largest absolute Gasteiger partial charge is 0.534 e. The number of aliphatic hydroxyl groups is 1. The molecule has 150 heavy (non-hydrogen) atoms. The van der Waals surface area contributed by atoms with Gasteiger partial charge in [0, 0.05) is 95.5 Å². The smallest absolute Gasteiger partial charge is 0.506 e. The summed E-state index contributed by atoms with van der Waals surface area (Å²) in [4.78, 5) is 69.1. The number of ether oxygens (including phenoxy) is 6. The zero-order valence-electron chi connectivity index (χ0n) is 88.9. The predicted molar refractivity (Wildman–Crippen MR) is 580 cm³/mol. The van der Waals surface area contributed by atoms with E-state index in [2.05, 4.69) is 90.4 Å². The number of para-hydroxylation sites is 5. The highest BCUT2D eigenvalue weighted by molar-refractivity contribution is 7.88. The van der Waals surface area contributed by atoms with Crippen molar-refractivity contribution >= 4 is 106 Å². The molecule has 15 rings (SSSR count). The van der Waals surface area contributed by atoms with E-state index < -0.39 is 116 Å². The Morgan fingerprint density at radius 3 is 1.15 bits per heavy atom. The lowest BCUT2D eigenvalue weighted by atomic mass is 9.79. The molecule has 8 N–H and O–H groups in total. The third-order valence-electron chi connectivity index (χ3n) is 22.9. The number of aliphatic hydroxyl groups excluding tert-OH is 1. The van der Waals surface area contributed by atoms with E-state index in [4.69, 9.17) is 63.5 Å². The van der Waals surface area contributed by atoms with Crippen LogP contribution in [0.1, 0.15) is 194 Å². The highest BCUT2D eigenvalue weighted by atomic mass is 32.2. The van der Waals surface area contributed by atoms with E-state index in [-0.39, 0.29) is 50.2 Å². The number of hydrogen-bond acceptors (Lipinski definition) is 22. The van der Waals surface area contributed by atoms with Crippen molar-refractivity contribution in [1.82, 2.24) is 29.9 Å². The number of amides is 2. The number of phenolic OH excluding ortho intramolecular Hbond substituents is 1. The number of aromatic hydroxyl groups is 1. The molecule has 806 valence electrons. The molecule has 7 heterocycles. The zero-order chi connectivity index (χ0) is 111. The van der Waals surface area contributed by atoms with Gasteiger partial charge in [-0.05, 0) is 228 Å². The number of nitrogen functional groups attached to an aromatic ring is 1. The minimum Gasteiger partial charge on any atom is -0.506 e. The van der Waals surface area contributed by atoms with Gasteiger partial charge in [-0.2, -0.15) is 21.6 Å². The van der Waals surface area contributed by atoms with Gasteiger partial charge in [0.15, 0.2) is 0 Å². The van der Waals surface area contributed by atoms with Crippen LogP contribution in [0.3, 0.4) is 0 Å². The average Bonchev–Trinajstić information content (AvgIpc) is 1.59. The number of anilines is 3. The Hall–Kier alpha value is -14.0. The molecule has 0 bridgehead atoms. The van der Waals surface area contributed by atoms with Crippen molar-refractivity contribution in [3.05, 3.63) is 274 Å². The fourth-order valence-corrected chi connectivity index (χ4v) is 14.1. The van der Waals surface area contributed by atoms with Crippen LogP contribution in [-0.4, -0.2) is 160 Å². The number of alkyl halides is 8. The summed E-state index contributed by atoms with van der Waals surface area (Å²) < 4.78 is 171. The molecule has 5 atom stereocenters. The third-order valence-corrected chi connectivity index (χ3v) is 23.9. The van der Waals surface area contributed by atoms with Crippen molar-refractivity contribution in [2.75, 3.05) is 49.7 Å². The number of aromatic amines is 2. The monoisotopic (exact) mass is 2100 g/mol. The summed E-state index contributed by atoms with van der Waals surface area (Å²) >= 11 is 0. The van der Waals surface area contributed by atoms with E-state index in [9.17, 15) is 67.8 Å². The number of fused-ring (bicyclic) bond motifs is 5. The number of H-pyrrole nitrogens is 2. The Morgan fingerprint density at radius 1 is 0.440 bits per heavy atom. The summed E-state index contributed by atoms with van der Waals surface area (Å²) in [5.74, 6) is 1.16. The van der Waals surface area contributed by atoms with Crippen LogP contribution in [0.25, 0.3) is 77.0 Å². The number of halogens is 8. The lowest BCUT2D eigenvalue weighted by molar-refractivity contribution is -0.0501. The van der Waals surface area contributed by atoms with E-state index >= 15 is 0 Å². The van der Waals surface area contributed by atoms with E-state index in [1.54, 1.807) is 62.4 Å². The first-order valence-electron chi connectivity index (χ1n) is 49.2. The Kier molecular flexibility index (Phi) is 44.0. The Labute approximate surface area is 871 Å². The first-order valence-corrected chi connectivity index (χ1v) is 50.6. The SMILES string of the molecule is CC(C)(C)OC(=O)Nc1ccc(B2OC(C)(C)C(C)(C)O2)cc1.CCC(CF)Oc1cccc2ccc(-c3ccc(N)cc3)nc12.CCC(CF)Oc1cccc2ccc(-c3ccc(NC(=O)OC(C)(C)C)cc3)nc12.CCC(CF)Oc1cccc2ccc(=O)[nH]c12.CCC(CF)Oc1cccc2ccc(OS(=O)(=O)C(F)(F)F)nc12.CCC(O)CF.Cc1cc(C(C)(C)C)nc(C(C)(C)C)c1.O=c1ccc2cccc(O)c2[nH]1. The number of carbonyl (C=O) groups excluding carboxylic acids is 2. The molecule has 1 aliphatic rings. The van der Waals surface area contributed by atoms with E-state index in [0.717, 1.165) is 61.1 Å². The second kappa shape index (κ2) is 54.5. The first-order chi connectivity index (χ1) is 70.5. The van der Waals surface area contributed by atoms with E-state index in [0.29, 0.717) is 88.4 Å². The van der Waals surface area contributed by atoms with Gasteiger partial charge in [0.25, 0.3) is 0 Å². The number of carbonyl (C=O) groups is 2. The first kappa shape index (κ1) is 121. The van der Waals surface area contributed by atoms with Gasteiger partial charge in [0.2, 0.25) is 17.0 Å². The molecule has 8 aromatic carbocycles. The van der Waals surface area contributed by atoms with Gasteiger partial charge in [-0.3, -0.25) is 25.2 Å². The summed E-state index contributed by atoms with van der Waals surface area (Å²) in [5.41, 5.74) is 10.9. The Morgan fingerprint density at radius 2 is 0.787 bits per heavy atom. The zero-order valence-corrected chi connectivity index (χ0v) is 89.7. The van der Waals surface area contributed by atoms with Crippen molar-refractivity contribution in [2.24, 2.45) is 0 Å². The average molecular weight is 2100 g/mol. The third kappa shape index (κ3) is 36.8. The maximum absolute atomic E-state index is 13.1. The van der Waals surface area contributed by atoms with Crippen LogP contribution in [0.15, 0.2) is 246 Å². The number of aryl methyl sites for hydroxylation is 1. The normalized spacial score (nSPS) is 13.7. The fraction of sp³-hybridized carbons (Fsp3) is 0.386. The number of aromatic nitrogens is 6. The molecule has 26 nitrogen and oxygen atoms in total. The second-order valence-electron chi connectivity index (χ2n) is 40.1. The number of nitrogens with one attached hydrogen (secondary N) is 4. The number of pyridine rings is 6. The number of nitrogens with two attached hydrogens (primary N) is 1. The maximum Gasteiger partial charge on any atom is 0.534 e. The lowest BCUT2D eigenvalue weighted by Crippen LogP contribution is -2.41. The number of hydrogen-bond donors (Lipinski definition) is 7. The number of nitrogens with zero attached hydrogens (tertiary/aromatic N) is 4. The summed E-state index contributed by atoms with van der Waals surface area (Å²) in [7, 11) is -6.23. The van der Waals surface area contributed by atoms with Crippen molar-refractivity contribution in [3.63, 3.8) is 0 Å². The Balaban J connectivity index is 0.000000214. The van der Waals surface area contributed by atoms with Gasteiger partial charge in [-0.25, -0.2) is 46.5 Å². The number of phenols is 1. The highest BCUT2D eigenvalue weighted by Crippen LogP contribution is 2.39. The van der Waals surface area contributed by atoms with Crippen molar-refractivity contribution in [1.29, 1.82) is 0 Å². The molecule has 0 radical (unpaired) electrons. The van der Waals surface area contributed by atoms with Gasteiger partial charge in [-0.15, -0.1) is 0 Å². The molecule has 14 aromatic rings. The summed E-state index contributed by atoms with van der Waals surface area (Å²) in [5, 5.41) is 27.1. The van der Waals surface area contributed by atoms with Crippen LogP contribution in [0.5, 0.6) is 34.6 Å². The van der Waals surface area contributed by atoms with Crippen molar-refractivity contribution in [3.8, 4) is 57.1 Å². The summed E-state index contributed by atoms with van der Waals surface area (Å²) in [6.45, 7) is 40.5. The molecule has 0 spiro atoms. The van der Waals surface area contributed by atoms with Crippen LogP contribution in [0.4, 0.5) is 61.8 Å². The van der Waals surface area contributed by atoms with Gasteiger partial charge < -0.3 is 67.8 Å². The van der Waals surface area contributed by atoms with Crippen LogP contribution in [-0.2, 0) is 39.7 Å². The van der Waals surface area contributed by atoms with Crippen LogP contribution < -0.4 is 56.1 Å². The topological polar surface area (TPSA) is 359 Å². The van der Waals surface area contributed by atoms with Gasteiger partial charge >= 0.3 is 34.9 Å². The van der Waals surface area contributed by atoms with Crippen LogP contribution in [0, 0.1) is 6.92 Å². The fourth-order valence-electron chi connectivity index (χ4n) is 13.6. The molecule has 5 unspecified atom stereocenters. The molecular weight excluding hydrogens is 1960 g/mol. The molecular formula is C114H138BF8N9O17S. The molecule has 0 saturated carbocycles. The highest BCUT2D eigenvalue weighted by Gasteiger charge is 2.52. The van der Waals surface area contributed by atoms with Crippen LogP contribution >= 0.6 is 0 Å². The minimum atomic E-state index is -5.83. The van der Waals surface area contributed by atoms with Crippen LogP contribution in [0.2, 0.25) is 0 Å². The van der Waals surface area contributed by atoms with Gasteiger partial charge in [-0.1, -0.05) is 185 Å². The van der Waals surface area contributed by atoms with Gasteiger partial charge in [0.05, 0.1) is 39.7 Å². The van der Waals surface area contributed by atoms with E-state index in [1.165, 1.54) is 47.3 Å². The maximum atomic E-state index is 13.1. The van der Waals surface area contributed by atoms with Crippen molar-refractivity contribution < 1.29 is 105 Å². The predicted octanol–water partition coefficient (Wildman–Crippen LogP) is 26.5. The molecule has 1 aliphatic heterocycles. The molecule has 36 heteroatoms. The summed E-state index contributed by atoms with van der Waals surface area (Å²) in [6, 6.07) is 69.6. The molecule has 1 fully saturated rings. The Bertz CT molecular complexity index is 6920. The molecule has 6 aromatic heterocycles. The standard InChI is InChI=1S/C24H27FN2O3.C19H19FN2O.C17H26BNO4.C14H13F4NO4S.C14H23N.C13H14FNO2.C9H7NO2.C4H9FO/c1-5-19(15-25)29-21-8-6-7-17-11-14-20(27-22(17)21)16-9-12-18(13-10-16)26-23(28)30-24(2,3)4;1-2-16(12-20)23-18-5-3-4-14-8-11-17(22-19(14)18)13-6-9-15(21)10-7-13;1-15(2,3)21-14(20)19-13-10-8-12(9-11-13)18-22-16(4,5)17(6,7)23-18;1-2-10(8-15)22-11-5-3-4-9-6-7-12(19-13(9)11)23-24(20,21)14(16,17)18;1-10-8-11(13(2,3)4)15-12(9-10)14(5,6)7;1-2-10(8-14)17-11-5-3-4-9-6-7-12(16)15-13(9)11;11-7-3-1-2-6-4-5-8(12)10-9(6)7;1-2-4(6)3-5/h6-14,19H,5,15H2,1-4H3,(H,26,28);3-11,16H,2,12,21H2,1H3;8-11H,1-7H3,(H,19,20);3-7,10H,2,8H2,1H3;8-9H,1-7H3;3-7,10H,2,8H2,1H3,(H,15,16);1-5,11H,(H,10,12);4,6H,2-3H2,1H3. The summed E-state index contributed by atoms with van der Waals surface area (Å²) in [6.07, 6.45) is -1.19. The number of rotatable bonds is 25. The quantitative estimate of drug-likeness (QED) is 0.00918.